The van der Waals surface area contributed by atoms with Crippen molar-refractivity contribution in [3.05, 3.63) is 197 Å². The number of benzene rings is 9. The zero-order chi connectivity index (χ0) is 68.7. The molecule has 2 heteroatoms. The molecule has 60 heavy (non-hydrogen) atoms. The molecular formula is C58H47NO. The zero-order valence-corrected chi connectivity index (χ0v) is 32.4. The Kier molecular flexibility index (Phi) is 3.61. The normalized spacial score (nSPS) is 22.6. The Morgan fingerprint density at radius 2 is 1.32 bits per heavy atom. The minimum Gasteiger partial charge on any atom is -0.455 e. The molecule has 10 aromatic rings. The SMILES string of the molecule is [2H]c1c([2H])c([2H])c(-c2c([2H])c([2H])c(N(c3c(C)c([2H])c4c(c3C)C(C([2H])([2H])[2H])(C([2H])([2H])C)c3c([2H])c([2H])c([2H])c([2H])c3-4)c3c(C)c([2H])c4oc5c6c([2H])c([2H])c([2H])c(C)c6c(-c6c([2H])c([2H])c7c([2H])c([2H])c([2H])c([2H])c7c6[2H])c([2H])c5c4c3[2H])c([2H])c2[2H])c([2H])c1[2H]. The molecule has 2 nitrogen and oxygen atoms in total. The van der Waals surface area contributed by atoms with E-state index in [0.717, 1.165) is 11.8 Å². The van der Waals surface area contributed by atoms with Gasteiger partial charge in [-0.15, -0.1) is 0 Å². The van der Waals surface area contributed by atoms with Crippen LogP contribution in [-0.4, -0.2) is 0 Å². The molecule has 0 radical (unpaired) electrons. The first-order chi connectivity index (χ1) is 42.5. The number of nitrogens with zero attached hydrogens (tertiary/aromatic N) is 1. The van der Waals surface area contributed by atoms with Crippen molar-refractivity contribution in [3.8, 4) is 33.4 Å². The molecule has 9 aromatic carbocycles. The Morgan fingerprint density at radius 1 is 0.583 bits per heavy atom. The Bertz CT molecular complexity index is 5080. The predicted molar refractivity (Wildman–Crippen MR) is 255 cm³/mol. The van der Waals surface area contributed by atoms with Gasteiger partial charge in [0.1, 0.15) is 11.2 Å². The van der Waals surface area contributed by atoms with E-state index in [-0.39, 0.29) is 22.1 Å². The monoisotopic (exact) mass is 806 g/mol. The molecule has 0 saturated carbocycles. The lowest BCUT2D eigenvalue weighted by molar-refractivity contribution is 0.561. The molecule has 1 atom stereocenters. The molecule has 1 aromatic heterocycles. The van der Waals surface area contributed by atoms with E-state index >= 15 is 0 Å². The molecule has 0 fully saturated rings. The maximum atomic E-state index is 10.6. The third-order valence-corrected chi connectivity index (χ3v) is 10.8. The maximum Gasteiger partial charge on any atom is 0.143 e. The van der Waals surface area contributed by atoms with E-state index in [2.05, 4.69) is 0 Å². The van der Waals surface area contributed by atoms with Crippen molar-refractivity contribution in [2.24, 2.45) is 0 Å². The fraction of sp³-hybridized carbons (Fsp3) is 0.138. The molecule has 0 saturated heterocycles. The third kappa shape index (κ3) is 5.33. The van der Waals surface area contributed by atoms with E-state index in [4.69, 9.17) is 22.2 Å². The van der Waals surface area contributed by atoms with Crippen LogP contribution in [0.1, 0.15) is 97.4 Å². The topological polar surface area (TPSA) is 16.4 Å². The second-order valence-electron chi connectivity index (χ2n) is 14.3. The number of rotatable bonds is 6. The summed E-state index contributed by atoms with van der Waals surface area (Å²) in [6.45, 7) is 2.16. The Labute approximate surface area is 397 Å². The molecule has 11 rings (SSSR count). The first-order valence-corrected chi connectivity index (χ1v) is 18.6. The van der Waals surface area contributed by atoms with Gasteiger partial charge in [-0.3, -0.25) is 0 Å². The van der Waals surface area contributed by atoms with Crippen LogP contribution >= 0.6 is 0 Å². The minimum atomic E-state index is -3.66. The number of hydrogen-bond acceptors (Lipinski definition) is 2. The minimum absolute atomic E-state index is 0.156. The summed E-state index contributed by atoms with van der Waals surface area (Å²) < 4.78 is 302. The van der Waals surface area contributed by atoms with E-state index in [1.807, 2.05) is 0 Å². The van der Waals surface area contributed by atoms with Gasteiger partial charge in [-0.25, -0.2) is 0 Å². The van der Waals surface area contributed by atoms with Gasteiger partial charge in [0.2, 0.25) is 0 Å². The van der Waals surface area contributed by atoms with E-state index in [1.165, 1.54) is 27.7 Å². The molecule has 1 heterocycles. The summed E-state index contributed by atoms with van der Waals surface area (Å²) in [5.41, 5.74) is -13.0. The van der Waals surface area contributed by atoms with Crippen molar-refractivity contribution in [2.45, 2.75) is 53.3 Å². The Morgan fingerprint density at radius 3 is 2.12 bits per heavy atom. The second-order valence-corrected chi connectivity index (χ2v) is 14.3. The van der Waals surface area contributed by atoms with Gasteiger partial charge in [0.05, 0.1) is 42.7 Å². The largest absolute Gasteiger partial charge is 0.455 e. The van der Waals surface area contributed by atoms with Crippen LogP contribution < -0.4 is 4.90 Å². The quantitative estimate of drug-likeness (QED) is 0.166. The van der Waals surface area contributed by atoms with Crippen molar-refractivity contribution >= 4 is 60.5 Å². The van der Waals surface area contributed by atoms with Crippen LogP contribution in [-0.2, 0) is 5.41 Å². The molecule has 290 valence electrons. The van der Waals surface area contributed by atoms with Crippen molar-refractivity contribution < 1.29 is 48.3 Å². The number of furan rings is 1. The van der Waals surface area contributed by atoms with Crippen LogP contribution in [0.15, 0.2) is 168 Å². The van der Waals surface area contributed by atoms with Crippen molar-refractivity contribution in [3.63, 3.8) is 0 Å². The van der Waals surface area contributed by atoms with Gasteiger partial charge in [-0.05, 0) is 159 Å². The molecule has 0 N–H and O–H groups in total. The first kappa shape index (κ1) is 15.9. The average Bonchev–Trinajstić information content (AvgIpc) is 1.44. The summed E-state index contributed by atoms with van der Waals surface area (Å²) in [6.07, 6.45) is -3.09. The highest BCUT2D eigenvalue weighted by Crippen LogP contribution is 2.56. The molecule has 1 aliphatic rings. The highest BCUT2D eigenvalue weighted by molar-refractivity contribution is 6.20. The highest BCUT2D eigenvalue weighted by Gasteiger charge is 2.40. The summed E-state index contributed by atoms with van der Waals surface area (Å²) in [6, 6.07) is -23.8. The van der Waals surface area contributed by atoms with Gasteiger partial charge in [0.15, 0.2) is 0 Å². The molecule has 0 amide bonds. The van der Waals surface area contributed by atoms with Crippen molar-refractivity contribution in [2.75, 3.05) is 4.90 Å². The number of aryl methyl sites for hydroxylation is 1. The molecule has 0 aliphatic heterocycles. The fourth-order valence-corrected chi connectivity index (χ4v) is 8.16. The average molecular weight is 806 g/mol. The van der Waals surface area contributed by atoms with Crippen molar-refractivity contribution in [1.82, 2.24) is 0 Å². The van der Waals surface area contributed by atoms with Gasteiger partial charge >= 0.3 is 0 Å². The lowest BCUT2D eigenvalue weighted by Gasteiger charge is -2.34. The van der Waals surface area contributed by atoms with Gasteiger partial charge in [0, 0.05) is 39.8 Å². The zero-order valence-electron chi connectivity index (χ0n) is 64.4. The van der Waals surface area contributed by atoms with Crippen molar-refractivity contribution in [1.29, 1.82) is 0 Å². The summed E-state index contributed by atoms with van der Waals surface area (Å²) in [5, 5.41) is -2.95. The van der Waals surface area contributed by atoms with Gasteiger partial charge in [-0.1, -0.05) is 135 Å². The highest BCUT2D eigenvalue weighted by atomic mass is 16.3. The van der Waals surface area contributed by atoms with Crippen LogP contribution in [0, 0.1) is 27.7 Å². The standard InChI is InChI=1S/C58H47NO/c1-7-58(6)51-23-14-13-21-45(51)49-30-37(4)56(38(5)55(49)58)59(44-28-26-41(27-29-44)39-17-9-8-10-18-39)52-34-48-50-33-47(43-25-24-40-19-11-12-20-42(40)32-43)54-35(2)16-15-22-46(54)57(50)60-53(48)31-36(52)3/h8-34H,7H2,1-6H3/i6D3,7D2,8D,9D,10D,11D,12D,13D,14D,15D,16D,17D,18D,19D,20D,21D,22D,23D,24D,25D,26D,27D,28D,29D,30D,31D,32D,33D,34D. The Hall–Kier alpha value is -6.90. The van der Waals surface area contributed by atoms with Crippen LogP contribution in [0.25, 0.3) is 76.9 Å². The number of fused-ring (bicyclic) bond motifs is 9. The first-order valence-electron chi connectivity index (χ1n) is 34.6. The summed E-state index contributed by atoms with van der Waals surface area (Å²) in [7, 11) is 0. The third-order valence-electron chi connectivity index (χ3n) is 10.8. The summed E-state index contributed by atoms with van der Waals surface area (Å²) >= 11 is 0. The molecular weight excluding hydrogens is 727 g/mol. The van der Waals surface area contributed by atoms with E-state index in [9.17, 15) is 26.0 Å². The lowest BCUT2D eigenvalue weighted by atomic mass is 9.75. The molecule has 1 unspecified atom stereocenters. The van der Waals surface area contributed by atoms with E-state index < -0.39 is 287 Å². The number of anilines is 3. The summed E-state index contributed by atoms with van der Waals surface area (Å²) in [5.74, 6) is 0. The summed E-state index contributed by atoms with van der Waals surface area (Å²) in [4.78, 5) is 0.823. The van der Waals surface area contributed by atoms with Gasteiger partial charge in [-0.2, -0.15) is 0 Å². The van der Waals surface area contributed by atoms with Gasteiger partial charge in [0.25, 0.3) is 0 Å². The van der Waals surface area contributed by atoms with Crippen LogP contribution in [0.5, 0.6) is 0 Å². The fourth-order valence-electron chi connectivity index (χ4n) is 8.16. The maximum absolute atomic E-state index is 10.6. The smallest absolute Gasteiger partial charge is 0.143 e. The van der Waals surface area contributed by atoms with Crippen LogP contribution in [0.2, 0.25) is 0 Å². The van der Waals surface area contributed by atoms with Crippen LogP contribution in [0.3, 0.4) is 0 Å². The van der Waals surface area contributed by atoms with Crippen LogP contribution in [0.4, 0.5) is 17.1 Å². The van der Waals surface area contributed by atoms with E-state index in [0.29, 0.717) is 0 Å². The molecule has 0 spiro atoms. The Balaban J connectivity index is 1.41. The number of hydrogen-bond donors (Lipinski definition) is 0. The van der Waals surface area contributed by atoms with E-state index in [1.54, 1.807) is 0 Å². The molecule has 0 bridgehead atoms. The van der Waals surface area contributed by atoms with Gasteiger partial charge < -0.3 is 9.32 Å². The second kappa shape index (κ2) is 13.6. The predicted octanol–water partition coefficient (Wildman–Crippen LogP) is 16.6. The molecule has 1 aliphatic carbocycles. The lowest BCUT2D eigenvalue weighted by Crippen LogP contribution is -2.22.